The minimum absolute atomic E-state index is 0.139. The minimum atomic E-state index is -0.997. The summed E-state index contributed by atoms with van der Waals surface area (Å²) >= 11 is 4.67. The number of aliphatic imine (C=N–C) groups is 1. The third-order valence-electron chi connectivity index (χ3n) is 6.79. The molecule has 0 amide bonds. The Morgan fingerprint density at radius 2 is 1.28 bits per heavy atom. The lowest BCUT2D eigenvalue weighted by Gasteiger charge is -2.36. The van der Waals surface area contributed by atoms with E-state index in [0.29, 0.717) is 57.9 Å². The lowest BCUT2D eigenvalue weighted by molar-refractivity contribution is -0.141. The molecule has 0 aliphatic carbocycles. The number of thiocarbonyl (C=S) groups is 1. The molecule has 1 fully saturated rings. The van der Waals surface area contributed by atoms with E-state index in [-0.39, 0.29) is 25.7 Å². The Hall–Kier alpha value is -2.77. The van der Waals surface area contributed by atoms with E-state index in [9.17, 15) is 29.7 Å². The highest BCUT2D eigenvalue weighted by atomic mass is 32.1. The van der Waals surface area contributed by atoms with Crippen LogP contribution in [0.1, 0.15) is 5.56 Å². The average molecular weight is 565 g/mol. The van der Waals surface area contributed by atoms with E-state index in [0.717, 1.165) is 18.7 Å². The number of nitrogens with zero attached hydrogens (tertiary/aromatic N) is 6. The molecule has 1 heterocycles. The van der Waals surface area contributed by atoms with Crippen LogP contribution < -0.4 is 0 Å². The van der Waals surface area contributed by atoms with E-state index < -0.39 is 17.9 Å². The van der Waals surface area contributed by atoms with Crippen LogP contribution in [0.15, 0.2) is 29.3 Å². The van der Waals surface area contributed by atoms with Gasteiger partial charge in [-0.2, -0.15) is 4.99 Å². The molecule has 1 aliphatic heterocycles. The van der Waals surface area contributed by atoms with Gasteiger partial charge in [-0.15, -0.1) is 0 Å². The van der Waals surface area contributed by atoms with Crippen LogP contribution in [-0.4, -0.2) is 162 Å². The molecule has 0 saturated carbocycles. The summed E-state index contributed by atoms with van der Waals surface area (Å²) in [5, 5.41) is 31.1. The van der Waals surface area contributed by atoms with Crippen molar-refractivity contribution in [3.8, 4) is 0 Å². The first-order valence-electron chi connectivity index (χ1n) is 12.9. The topological polar surface area (TPSA) is 140 Å². The van der Waals surface area contributed by atoms with Gasteiger partial charge >= 0.3 is 17.9 Å². The average Bonchev–Trinajstić information content (AvgIpc) is 2.86. The lowest BCUT2D eigenvalue weighted by atomic mass is 10.0. The van der Waals surface area contributed by atoms with E-state index >= 15 is 0 Å². The van der Waals surface area contributed by atoms with Crippen molar-refractivity contribution in [1.29, 1.82) is 0 Å². The van der Waals surface area contributed by atoms with Crippen LogP contribution in [0.2, 0.25) is 0 Å². The van der Waals surface area contributed by atoms with Crippen LogP contribution in [0.3, 0.4) is 0 Å². The van der Waals surface area contributed by atoms with Gasteiger partial charge in [-0.25, -0.2) is 0 Å². The summed E-state index contributed by atoms with van der Waals surface area (Å²) in [7, 11) is 3.97. The van der Waals surface area contributed by atoms with E-state index in [4.69, 9.17) is 0 Å². The fraction of sp³-hybridized carbons (Fsp3) is 0.615. The zero-order valence-corrected chi connectivity index (χ0v) is 23.6. The number of hydrogen-bond donors (Lipinski definition) is 3. The van der Waals surface area contributed by atoms with Gasteiger partial charge in [0, 0.05) is 64.9 Å². The second-order valence-corrected chi connectivity index (χ2v) is 10.2. The molecule has 12 nitrogen and oxygen atoms in total. The zero-order valence-electron chi connectivity index (χ0n) is 22.7. The number of carbonyl (C=O) groups is 3. The second-order valence-electron chi connectivity index (χ2n) is 10.00. The second kappa shape index (κ2) is 17.0. The number of benzene rings is 1. The van der Waals surface area contributed by atoms with Crippen molar-refractivity contribution in [2.75, 3.05) is 92.6 Å². The number of rotatable bonds is 9. The quantitative estimate of drug-likeness (QED) is 0.282. The van der Waals surface area contributed by atoms with Crippen molar-refractivity contribution >= 4 is 41.0 Å². The van der Waals surface area contributed by atoms with Gasteiger partial charge in [0.15, 0.2) is 0 Å². The number of likely N-dealkylation sites (N-methyl/N-ethyl adjacent to an activating group) is 2. The van der Waals surface area contributed by atoms with E-state index in [2.05, 4.69) is 32.2 Å². The molecule has 1 atom stereocenters. The molecule has 0 spiro atoms. The maximum atomic E-state index is 11.9. The number of aliphatic carboxylic acids is 3. The molecule has 1 aliphatic rings. The summed E-state index contributed by atoms with van der Waals surface area (Å²) in [6, 6.07) is 7.13. The molecular formula is C26H40N6O6S. The van der Waals surface area contributed by atoms with Gasteiger partial charge in [-0.3, -0.25) is 29.1 Å². The van der Waals surface area contributed by atoms with Crippen LogP contribution in [-0.2, 0) is 20.8 Å². The van der Waals surface area contributed by atoms with Crippen molar-refractivity contribution in [3.63, 3.8) is 0 Å². The summed E-state index contributed by atoms with van der Waals surface area (Å²) in [5.41, 5.74) is 1.62. The Kier molecular flexibility index (Phi) is 14.2. The number of isothiocyanates is 1. The predicted octanol–water partition coefficient (Wildman–Crippen LogP) is 0.369. The Balaban J connectivity index is 2.39. The van der Waals surface area contributed by atoms with Gasteiger partial charge < -0.3 is 25.1 Å². The fourth-order valence-electron chi connectivity index (χ4n) is 4.55. The number of carboxylic acid groups (broad SMARTS) is 3. The van der Waals surface area contributed by atoms with Crippen molar-refractivity contribution in [3.05, 3.63) is 29.8 Å². The molecular weight excluding hydrogens is 524 g/mol. The largest absolute Gasteiger partial charge is 0.480 e. The van der Waals surface area contributed by atoms with Crippen LogP contribution in [0.25, 0.3) is 0 Å². The molecule has 1 aromatic carbocycles. The number of carboxylic acids is 3. The van der Waals surface area contributed by atoms with Crippen LogP contribution >= 0.6 is 12.2 Å². The predicted molar refractivity (Wildman–Crippen MR) is 151 cm³/mol. The molecule has 0 aromatic heterocycles. The first-order valence-corrected chi connectivity index (χ1v) is 13.3. The normalized spacial score (nSPS) is 20.4. The van der Waals surface area contributed by atoms with Gasteiger partial charge in [0.25, 0.3) is 0 Å². The van der Waals surface area contributed by atoms with Crippen molar-refractivity contribution in [2.24, 2.45) is 4.99 Å². The van der Waals surface area contributed by atoms with E-state index in [1.165, 1.54) is 0 Å². The van der Waals surface area contributed by atoms with E-state index in [1.54, 1.807) is 4.90 Å². The fourth-order valence-corrected chi connectivity index (χ4v) is 4.65. The molecule has 3 N–H and O–H groups in total. The molecule has 0 radical (unpaired) electrons. The maximum Gasteiger partial charge on any atom is 0.317 e. The van der Waals surface area contributed by atoms with Crippen molar-refractivity contribution in [1.82, 2.24) is 24.5 Å². The Labute approximate surface area is 235 Å². The molecule has 1 unspecified atom stereocenters. The standard InChI is InChI=1S/C26H40N6O6S/c1-28-7-8-29(2)10-14-32(19-26(37)38)23(15-21-3-5-22(6-4-21)27-20-39)16-31(18-25(35)36)13-12-30(11-9-28)17-24(33)34/h3-6,23H,7-19H2,1-2H3,(H,33,34)(H,35,36)(H,37,38). The molecule has 13 heteroatoms. The molecule has 1 aromatic rings. The van der Waals surface area contributed by atoms with Gasteiger partial charge in [0.2, 0.25) is 0 Å². The van der Waals surface area contributed by atoms with Crippen LogP contribution in [0, 0.1) is 0 Å². The summed E-state index contributed by atoms with van der Waals surface area (Å²) < 4.78 is 0. The Bertz CT molecular complexity index is 990. The van der Waals surface area contributed by atoms with Gasteiger partial charge in [-0.05, 0) is 50.4 Å². The van der Waals surface area contributed by atoms with Crippen molar-refractivity contribution in [2.45, 2.75) is 12.5 Å². The third-order valence-corrected chi connectivity index (χ3v) is 6.88. The summed E-state index contributed by atoms with van der Waals surface area (Å²) in [5.74, 6) is -2.89. The first-order chi connectivity index (χ1) is 18.5. The lowest BCUT2D eigenvalue weighted by Crippen LogP contribution is -2.51. The maximum absolute atomic E-state index is 11.9. The third kappa shape index (κ3) is 13.2. The zero-order chi connectivity index (χ0) is 28.8. The van der Waals surface area contributed by atoms with Gasteiger partial charge in [0.05, 0.1) is 30.5 Å². The van der Waals surface area contributed by atoms with Crippen LogP contribution in [0.4, 0.5) is 5.69 Å². The summed E-state index contributed by atoms with van der Waals surface area (Å²) in [4.78, 5) is 48.9. The highest BCUT2D eigenvalue weighted by Crippen LogP contribution is 2.17. The minimum Gasteiger partial charge on any atom is -0.480 e. The summed E-state index contributed by atoms with van der Waals surface area (Å²) in [6.45, 7) is 4.37. The Morgan fingerprint density at radius 1 is 0.795 bits per heavy atom. The monoisotopic (exact) mass is 564 g/mol. The molecule has 39 heavy (non-hydrogen) atoms. The van der Waals surface area contributed by atoms with E-state index in [1.807, 2.05) is 48.2 Å². The van der Waals surface area contributed by atoms with Crippen molar-refractivity contribution < 1.29 is 29.7 Å². The molecule has 0 bridgehead atoms. The van der Waals surface area contributed by atoms with Gasteiger partial charge in [0.1, 0.15) is 0 Å². The smallest absolute Gasteiger partial charge is 0.317 e. The van der Waals surface area contributed by atoms with Crippen LogP contribution in [0.5, 0.6) is 0 Å². The van der Waals surface area contributed by atoms with Gasteiger partial charge in [-0.1, -0.05) is 12.1 Å². The SMILES string of the molecule is CN1CCN(C)CCN(CC(=O)O)C(Cc2ccc(N=C=S)cc2)CN(CC(=O)O)CCN(CC(=O)O)CC1. The molecule has 2 rings (SSSR count). The Morgan fingerprint density at radius 3 is 1.85 bits per heavy atom. The number of hydrogen-bond acceptors (Lipinski definition) is 10. The first kappa shape index (κ1) is 32.4. The highest BCUT2D eigenvalue weighted by Gasteiger charge is 2.26. The highest BCUT2D eigenvalue weighted by molar-refractivity contribution is 7.78. The molecule has 216 valence electrons. The summed E-state index contributed by atoms with van der Waals surface area (Å²) in [6.07, 6.45) is 0.496. The molecule has 1 saturated heterocycles.